The van der Waals surface area contributed by atoms with E-state index in [4.69, 9.17) is 11.6 Å². The lowest BCUT2D eigenvalue weighted by Gasteiger charge is -2.20. The first-order valence-corrected chi connectivity index (χ1v) is 8.73. The van der Waals surface area contributed by atoms with Crippen molar-refractivity contribution in [1.82, 2.24) is 15.5 Å². The quantitative estimate of drug-likeness (QED) is 0.787. The van der Waals surface area contributed by atoms with Crippen molar-refractivity contribution in [2.45, 2.75) is 32.0 Å². The lowest BCUT2D eigenvalue weighted by molar-refractivity contribution is -0.143. The Hall–Kier alpha value is -1.47. The second kappa shape index (κ2) is 8.76. The van der Waals surface area contributed by atoms with E-state index in [0.717, 1.165) is 12.0 Å². The molecule has 4 nitrogen and oxygen atoms in total. The van der Waals surface area contributed by atoms with Crippen molar-refractivity contribution in [2.24, 2.45) is 5.92 Å². The largest absolute Gasteiger partial charge is 0.401 e. The van der Waals surface area contributed by atoms with Crippen molar-refractivity contribution in [3.8, 4) is 0 Å². The highest BCUT2D eigenvalue weighted by Crippen LogP contribution is 2.22. The number of hydrogen-bond donors (Lipinski definition) is 2. The van der Waals surface area contributed by atoms with Crippen LogP contribution in [0.1, 0.15) is 31.4 Å². The molecule has 1 saturated heterocycles. The summed E-state index contributed by atoms with van der Waals surface area (Å²) in [5, 5.41) is 6.29. The average molecular weight is 378 g/mol. The van der Waals surface area contributed by atoms with Gasteiger partial charge in [0.15, 0.2) is 0 Å². The Labute approximate surface area is 150 Å². The van der Waals surface area contributed by atoms with Gasteiger partial charge in [0.25, 0.3) is 0 Å². The topological polar surface area (TPSA) is 44.4 Å². The molecule has 140 valence electrons. The van der Waals surface area contributed by atoms with Crippen molar-refractivity contribution in [3.05, 3.63) is 34.9 Å². The van der Waals surface area contributed by atoms with Gasteiger partial charge in [-0.25, -0.2) is 4.79 Å². The molecular formula is C17H23ClF3N3O. The van der Waals surface area contributed by atoms with Gasteiger partial charge < -0.3 is 10.6 Å². The molecule has 2 rings (SSSR count). The number of urea groups is 1. The van der Waals surface area contributed by atoms with Crippen molar-refractivity contribution in [3.63, 3.8) is 0 Å². The number of alkyl halides is 3. The minimum Gasteiger partial charge on any atom is -0.338 e. The highest BCUT2D eigenvalue weighted by Gasteiger charge is 2.34. The Kier molecular flexibility index (Phi) is 6.95. The van der Waals surface area contributed by atoms with Gasteiger partial charge in [0.1, 0.15) is 0 Å². The fourth-order valence-corrected chi connectivity index (χ4v) is 3.17. The average Bonchev–Trinajstić information content (AvgIpc) is 2.97. The maximum absolute atomic E-state index is 12.4. The summed E-state index contributed by atoms with van der Waals surface area (Å²) in [7, 11) is 0. The lowest BCUT2D eigenvalue weighted by atomic mass is 10.1. The lowest BCUT2D eigenvalue weighted by Crippen LogP contribution is -2.40. The minimum atomic E-state index is -4.17. The number of carbonyl (C=O) groups excluding carboxylic acids is 1. The molecule has 8 heteroatoms. The highest BCUT2D eigenvalue weighted by atomic mass is 35.5. The molecular weight excluding hydrogens is 355 g/mol. The maximum atomic E-state index is 12.4. The number of nitrogens with zero attached hydrogens (tertiary/aromatic N) is 1. The van der Waals surface area contributed by atoms with Gasteiger partial charge in [-0.05, 0) is 43.0 Å². The molecule has 25 heavy (non-hydrogen) atoms. The molecule has 1 aromatic carbocycles. The van der Waals surface area contributed by atoms with Crippen LogP contribution in [-0.2, 0) is 0 Å². The first-order valence-electron chi connectivity index (χ1n) is 8.35. The molecule has 2 N–H and O–H groups in total. The second-order valence-corrected chi connectivity index (χ2v) is 6.81. The Morgan fingerprint density at radius 1 is 1.36 bits per heavy atom. The molecule has 2 amide bonds. The Bertz CT molecular complexity index is 565. The second-order valence-electron chi connectivity index (χ2n) is 6.37. The number of nitrogens with one attached hydrogen (secondary N) is 2. The van der Waals surface area contributed by atoms with Gasteiger partial charge >= 0.3 is 12.2 Å². The van der Waals surface area contributed by atoms with Crippen LogP contribution in [0, 0.1) is 5.92 Å². The third-order valence-electron chi connectivity index (χ3n) is 4.31. The zero-order valence-corrected chi connectivity index (χ0v) is 14.8. The number of amides is 2. The summed E-state index contributed by atoms with van der Waals surface area (Å²) in [6, 6.07) is 6.82. The zero-order chi connectivity index (χ0) is 18.4. The summed E-state index contributed by atoms with van der Waals surface area (Å²) in [6.45, 7) is 2.22. The van der Waals surface area contributed by atoms with Crippen LogP contribution in [0.5, 0.6) is 0 Å². The van der Waals surface area contributed by atoms with E-state index in [1.54, 1.807) is 12.1 Å². The molecule has 1 aromatic rings. The van der Waals surface area contributed by atoms with E-state index in [2.05, 4.69) is 10.6 Å². The molecule has 0 bridgehead atoms. The molecule has 1 heterocycles. The van der Waals surface area contributed by atoms with Crippen LogP contribution in [-0.4, -0.2) is 43.3 Å². The zero-order valence-electron chi connectivity index (χ0n) is 14.1. The van der Waals surface area contributed by atoms with Gasteiger partial charge in [-0.1, -0.05) is 30.7 Å². The predicted octanol–water partition coefficient (Wildman–Crippen LogP) is 3.97. The third kappa shape index (κ3) is 6.74. The van der Waals surface area contributed by atoms with Crippen LogP contribution in [0.4, 0.5) is 18.0 Å². The molecule has 0 saturated carbocycles. The summed E-state index contributed by atoms with van der Waals surface area (Å²) in [5.74, 6) is 0.0451. The first-order chi connectivity index (χ1) is 11.8. The SMILES string of the molecule is CC[C@@H](NC(=O)NC[C@H]1CCN(CC(F)(F)F)C1)c1ccc(Cl)cc1. The van der Waals surface area contributed by atoms with Gasteiger partial charge in [0.05, 0.1) is 12.6 Å². The van der Waals surface area contributed by atoms with Crippen LogP contribution in [0.15, 0.2) is 24.3 Å². The van der Waals surface area contributed by atoms with Gasteiger partial charge in [-0.3, -0.25) is 4.90 Å². The van der Waals surface area contributed by atoms with Crippen molar-refractivity contribution in [2.75, 3.05) is 26.2 Å². The predicted molar refractivity (Wildman–Crippen MR) is 91.6 cm³/mol. The number of carbonyl (C=O) groups is 1. The van der Waals surface area contributed by atoms with Gasteiger partial charge in [0, 0.05) is 18.1 Å². The highest BCUT2D eigenvalue weighted by molar-refractivity contribution is 6.30. The van der Waals surface area contributed by atoms with Crippen LogP contribution in [0.3, 0.4) is 0 Å². The van der Waals surface area contributed by atoms with E-state index >= 15 is 0 Å². The molecule has 0 spiro atoms. The Morgan fingerprint density at radius 3 is 2.64 bits per heavy atom. The van der Waals surface area contributed by atoms with Crippen LogP contribution in [0.2, 0.25) is 5.02 Å². The molecule has 0 aliphatic carbocycles. The summed E-state index contributed by atoms with van der Waals surface area (Å²) in [5.41, 5.74) is 0.958. The number of likely N-dealkylation sites (tertiary alicyclic amines) is 1. The standard InChI is InChI=1S/C17H23ClF3N3O/c1-2-15(13-3-5-14(18)6-4-13)23-16(25)22-9-12-7-8-24(10-12)11-17(19,20)21/h3-6,12,15H,2,7-11H2,1H3,(H2,22,23,25)/t12-,15-/m1/s1. The normalized spacial score (nSPS) is 19.6. The van der Waals surface area contributed by atoms with Crippen molar-refractivity contribution in [1.29, 1.82) is 0 Å². The molecule has 0 unspecified atom stereocenters. The van der Waals surface area contributed by atoms with Crippen LogP contribution < -0.4 is 10.6 Å². The van der Waals surface area contributed by atoms with Gasteiger partial charge in [-0.2, -0.15) is 13.2 Å². The number of benzene rings is 1. The van der Waals surface area contributed by atoms with Crippen molar-refractivity contribution < 1.29 is 18.0 Å². The Balaban J connectivity index is 1.75. The Morgan fingerprint density at radius 2 is 2.04 bits per heavy atom. The third-order valence-corrected chi connectivity index (χ3v) is 4.56. The van der Waals surface area contributed by atoms with E-state index in [-0.39, 0.29) is 18.0 Å². The number of rotatable bonds is 6. The molecule has 1 aliphatic heterocycles. The molecule has 0 radical (unpaired) electrons. The minimum absolute atomic E-state index is 0.0451. The number of hydrogen-bond acceptors (Lipinski definition) is 2. The molecule has 2 atom stereocenters. The van der Waals surface area contributed by atoms with E-state index in [9.17, 15) is 18.0 Å². The maximum Gasteiger partial charge on any atom is 0.401 e. The summed E-state index contributed by atoms with van der Waals surface area (Å²) in [4.78, 5) is 13.5. The molecule has 0 aromatic heterocycles. The van der Waals surface area contributed by atoms with Crippen LogP contribution >= 0.6 is 11.6 Å². The van der Waals surface area contributed by atoms with E-state index in [1.165, 1.54) is 4.90 Å². The van der Waals surface area contributed by atoms with E-state index < -0.39 is 12.7 Å². The van der Waals surface area contributed by atoms with E-state index in [1.807, 2.05) is 19.1 Å². The van der Waals surface area contributed by atoms with E-state index in [0.29, 0.717) is 31.1 Å². The summed E-state index contributed by atoms with van der Waals surface area (Å²) < 4.78 is 37.2. The fourth-order valence-electron chi connectivity index (χ4n) is 3.04. The van der Waals surface area contributed by atoms with Gasteiger partial charge in [0.2, 0.25) is 0 Å². The van der Waals surface area contributed by atoms with Crippen molar-refractivity contribution >= 4 is 17.6 Å². The first kappa shape index (κ1) is 19.8. The monoisotopic (exact) mass is 377 g/mol. The fraction of sp³-hybridized carbons (Fsp3) is 0.588. The van der Waals surface area contributed by atoms with Crippen LogP contribution in [0.25, 0.3) is 0 Å². The van der Waals surface area contributed by atoms with Gasteiger partial charge in [-0.15, -0.1) is 0 Å². The summed E-state index contributed by atoms with van der Waals surface area (Å²) in [6.07, 6.45) is -2.80. The number of halogens is 4. The summed E-state index contributed by atoms with van der Waals surface area (Å²) >= 11 is 5.87. The molecule has 1 aliphatic rings. The smallest absolute Gasteiger partial charge is 0.338 e. The molecule has 1 fully saturated rings.